The molecule has 1 amide bonds. The van der Waals surface area contributed by atoms with E-state index >= 15 is 0 Å². The molecule has 0 aromatic heterocycles. The molecule has 5 fully saturated rings. The topological polar surface area (TPSA) is 462 Å². The Morgan fingerprint density at radius 3 is 1.59 bits per heavy atom. The van der Waals surface area contributed by atoms with Gasteiger partial charge in [-0.1, -0.05) is 0 Å². The predicted molar refractivity (Wildman–Crippen MR) is 204 cm³/mol. The van der Waals surface area contributed by atoms with Crippen molar-refractivity contribution in [1.29, 1.82) is 0 Å². The fourth-order valence-electron chi connectivity index (χ4n) is 8.48. The summed E-state index contributed by atoms with van der Waals surface area (Å²) in [5.74, 6) is -5.99. The molecule has 26 atom stereocenters. The molecule has 29 heteroatoms. The van der Waals surface area contributed by atoms with Crippen LogP contribution >= 0.6 is 0 Å². The molecule has 0 bridgehead atoms. The maximum absolute atomic E-state index is 12.9. The van der Waals surface area contributed by atoms with Gasteiger partial charge in [0.15, 0.2) is 18.9 Å². The van der Waals surface area contributed by atoms with Crippen molar-refractivity contribution in [2.45, 2.75) is 179 Å². The van der Waals surface area contributed by atoms with Crippen LogP contribution < -0.4 is 5.32 Å². The number of nitrogens with one attached hydrogen (secondary N) is 1. The van der Waals surface area contributed by atoms with Crippen LogP contribution in [0.5, 0.6) is 0 Å². The summed E-state index contributed by atoms with van der Waals surface area (Å²) >= 11 is 0. The van der Waals surface area contributed by atoms with Crippen LogP contribution in [0, 0.1) is 0 Å². The van der Waals surface area contributed by atoms with Crippen LogP contribution in [0.1, 0.15) is 20.3 Å². The smallest absolute Gasteiger partial charge is 0.364 e. The Morgan fingerprint density at radius 2 is 1.12 bits per heavy atom. The molecule has 5 heterocycles. The van der Waals surface area contributed by atoms with Crippen molar-refractivity contribution in [3.05, 3.63) is 0 Å². The maximum atomic E-state index is 12.9. The number of aliphatic hydroxyl groups is 15. The van der Waals surface area contributed by atoms with Gasteiger partial charge in [-0.2, -0.15) is 0 Å². The summed E-state index contributed by atoms with van der Waals surface area (Å²) in [6, 6.07) is -1.63. The molecule has 0 radical (unpaired) electrons. The number of carbonyl (C=O) groups is 2. The number of aliphatic hydroxyl groups excluding tert-OH is 15. The maximum Gasteiger partial charge on any atom is 0.364 e. The van der Waals surface area contributed by atoms with Gasteiger partial charge < -0.3 is 134 Å². The lowest BCUT2D eigenvalue weighted by atomic mass is 9.88. The zero-order valence-corrected chi connectivity index (χ0v) is 35.7. The van der Waals surface area contributed by atoms with E-state index in [0.717, 1.165) is 6.92 Å². The van der Waals surface area contributed by atoms with Crippen LogP contribution in [-0.4, -0.2) is 293 Å². The average Bonchev–Trinajstić information content (AvgIpc) is 3.28. The summed E-state index contributed by atoms with van der Waals surface area (Å²) in [5.41, 5.74) is 0. The highest BCUT2D eigenvalue weighted by atomic mass is 16.8. The number of hydrogen-bond donors (Lipinski definition) is 17. The largest absolute Gasteiger partial charge is 0.477 e. The molecular formula is C37H63NO28. The van der Waals surface area contributed by atoms with Crippen molar-refractivity contribution in [2.24, 2.45) is 0 Å². The molecule has 0 saturated carbocycles. The van der Waals surface area contributed by atoms with Crippen molar-refractivity contribution in [3.63, 3.8) is 0 Å². The first-order valence-corrected chi connectivity index (χ1v) is 20.9. The van der Waals surface area contributed by atoms with E-state index in [2.05, 4.69) is 5.32 Å². The van der Waals surface area contributed by atoms with E-state index in [1.807, 2.05) is 0 Å². The first kappa shape index (κ1) is 54.9. The average molecular weight is 970 g/mol. The highest BCUT2D eigenvalue weighted by Crippen LogP contribution is 2.39. The monoisotopic (exact) mass is 969 g/mol. The third-order valence-electron chi connectivity index (χ3n) is 12.1. The van der Waals surface area contributed by atoms with Gasteiger partial charge in [-0.15, -0.1) is 0 Å². The summed E-state index contributed by atoms with van der Waals surface area (Å²) in [7, 11) is 1.19. The minimum absolute atomic E-state index is 0.476. The van der Waals surface area contributed by atoms with Crippen molar-refractivity contribution in [2.75, 3.05) is 40.1 Å². The molecule has 5 aliphatic heterocycles. The van der Waals surface area contributed by atoms with Crippen LogP contribution in [0.4, 0.5) is 0 Å². The molecule has 0 aromatic rings. The lowest BCUT2D eigenvalue weighted by molar-refractivity contribution is -0.396. The summed E-state index contributed by atoms with van der Waals surface area (Å²) in [6.45, 7) is -1.91. The summed E-state index contributed by atoms with van der Waals surface area (Å²) < 4.78 is 56.1. The Balaban J connectivity index is 1.41. The molecule has 11 unspecified atom stereocenters. The predicted octanol–water partition coefficient (Wildman–Crippen LogP) is -10.9. The van der Waals surface area contributed by atoms with Crippen molar-refractivity contribution >= 4 is 11.9 Å². The number of methoxy groups -OCH3 is 1. The molecule has 5 saturated heterocycles. The number of hydrogen-bond acceptors (Lipinski definition) is 27. The molecule has 29 nitrogen and oxygen atoms in total. The van der Waals surface area contributed by atoms with E-state index in [0.29, 0.717) is 0 Å². The second-order valence-corrected chi connectivity index (χ2v) is 16.7. The first-order chi connectivity index (χ1) is 31.1. The van der Waals surface area contributed by atoms with Gasteiger partial charge in [0.25, 0.3) is 5.79 Å². The normalized spacial score (nSPS) is 47.8. The molecular weight excluding hydrogens is 906 g/mol. The Morgan fingerprint density at radius 1 is 0.652 bits per heavy atom. The first-order valence-electron chi connectivity index (χ1n) is 20.9. The van der Waals surface area contributed by atoms with Crippen molar-refractivity contribution < 1.29 is 139 Å². The number of carboxylic acids is 1. The quantitative estimate of drug-likeness (QED) is 0.0606. The second kappa shape index (κ2) is 23.2. The molecule has 0 aromatic carbocycles. The molecule has 384 valence electrons. The highest BCUT2D eigenvalue weighted by Gasteiger charge is 2.61. The third-order valence-corrected chi connectivity index (χ3v) is 12.1. The van der Waals surface area contributed by atoms with E-state index in [-0.39, 0.29) is 0 Å². The van der Waals surface area contributed by atoms with Crippen LogP contribution in [0.15, 0.2) is 0 Å². The zero-order valence-electron chi connectivity index (χ0n) is 35.7. The van der Waals surface area contributed by atoms with E-state index in [1.54, 1.807) is 0 Å². The van der Waals surface area contributed by atoms with Crippen LogP contribution in [0.3, 0.4) is 0 Å². The number of aliphatic carboxylic acids is 1. The molecule has 5 rings (SSSR count). The Labute approximate surface area is 375 Å². The highest BCUT2D eigenvalue weighted by molar-refractivity contribution is 5.76. The number of rotatable bonds is 18. The fraction of sp³-hybridized carbons (Fsp3) is 0.946. The van der Waals surface area contributed by atoms with E-state index < -0.39 is 210 Å². The molecule has 0 spiro atoms. The number of carbonyl (C=O) groups excluding carboxylic acids is 1. The molecule has 0 aliphatic carbocycles. The van der Waals surface area contributed by atoms with Crippen molar-refractivity contribution in [3.8, 4) is 0 Å². The Hall–Kier alpha value is -2.06. The van der Waals surface area contributed by atoms with Gasteiger partial charge in [0, 0.05) is 20.5 Å². The van der Waals surface area contributed by atoms with Crippen LogP contribution in [0.2, 0.25) is 0 Å². The standard InChI is InChI=1S/C37H63NO28/c1-10-19(46)24(51)28(16(8-42)58-10)62-33-25(52)30(21(48)14(6-40)59-33)63-34-26(53)31(23(50)17(61-34)9-57-3)64-35-27(54)32(22(49)15(7-41)60-35)66-37(36(55)56)4-12(44)18(38-11(2)43)29(65-37)20(47)13(45)5-39/h10,12-35,39-42,44-54H,4-9H2,1-3H3,(H,38,43)(H,55,56)/t10-,12+,13?,14?,15?,16?,17?,18+,19+,20?,21-,22-,23+,24?,25?,26-,27-,28+,29?,30-,31?,32?,33-,34-,35-,37-/m0/s1. The summed E-state index contributed by atoms with van der Waals surface area (Å²) in [4.78, 5) is 24.9. The number of ether oxygens (including phenoxy) is 10. The lowest BCUT2D eigenvalue weighted by Gasteiger charge is -2.51. The molecule has 5 aliphatic rings. The van der Waals surface area contributed by atoms with E-state index in [1.165, 1.54) is 14.0 Å². The van der Waals surface area contributed by atoms with E-state index in [9.17, 15) is 91.3 Å². The van der Waals surface area contributed by atoms with Crippen LogP contribution in [0.25, 0.3) is 0 Å². The van der Waals surface area contributed by atoms with Gasteiger partial charge in [0.05, 0.1) is 51.3 Å². The van der Waals surface area contributed by atoms with Gasteiger partial charge in [0.2, 0.25) is 5.91 Å². The lowest BCUT2D eigenvalue weighted by Crippen LogP contribution is -2.71. The Kier molecular flexibility index (Phi) is 19.3. The van der Waals surface area contributed by atoms with Gasteiger partial charge in [-0.25, -0.2) is 4.79 Å². The molecule has 66 heavy (non-hydrogen) atoms. The van der Waals surface area contributed by atoms with Gasteiger partial charge in [-0.3, -0.25) is 4.79 Å². The summed E-state index contributed by atoms with van der Waals surface area (Å²) in [5, 5.41) is 174. The minimum Gasteiger partial charge on any atom is -0.477 e. The fourth-order valence-corrected chi connectivity index (χ4v) is 8.48. The van der Waals surface area contributed by atoms with Crippen LogP contribution in [-0.2, 0) is 57.0 Å². The van der Waals surface area contributed by atoms with Gasteiger partial charge in [-0.05, 0) is 6.92 Å². The second-order valence-electron chi connectivity index (χ2n) is 16.7. The zero-order chi connectivity index (χ0) is 49.1. The number of amides is 1. The molecule has 17 N–H and O–H groups in total. The van der Waals surface area contributed by atoms with Crippen molar-refractivity contribution in [1.82, 2.24) is 5.32 Å². The minimum atomic E-state index is -3.15. The Bertz CT molecular complexity index is 1550. The van der Waals surface area contributed by atoms with Gasteiger partial charge in [0.1, 0.15) is 116 Å². The SMILES string of the molecule is COCC1O[C@@H](O[C@@H]2C(O)[C@H](O[C@@H]3C(CO)O[C@@H](C)[C@@H](O)C3O)OC(CO)[C@@H]2O)[C@@H](O)C(O[C@@H]2OC(CO)[C@H](O)C(O[C@]3(C(=O)O)C[C@@H](O)[C@@H](NC(C)=O)C(C(O)C(O)CO)O3)[C@@H]2O)[C@@H]1O. The third kappa shape index (κ3) is 11.4. The summed E-state index contributed by atoms with van der Waals surface area (Å²) in [6.07, 6.45) is -46.3. The van der Waals surface area contributed by atoms with E-state index in [4.69, 9.17) is 47.4 Å². The van der Waals surface area contributed by atoms with Gasteiger partial charge >= 0.3 is 5.97 Å². The number of carboxylic acid groups (broad SMARTS) is 1.